The number of nitro groups is 1. The zero-order valence-electron chi connectivity index (χ0n) is 10.5. The van der Waals surface area contributed by atoms with Crippen LogP contribution in [0.5, 0.6) is 0 Å². The quantitative estimate of drug-likeness (QED) is 0.193. The summed E-state index contributed by atoms with van der Waals surface area (Å²) in [5.41, 5.74) is 0. The molecular formula is C11H16N3O5+. The number of furan rings is 1. The van der Waals surface area contributed by atoms with Crippen molar-refractivity contribution < 1.29 is 23.9 Å². The van der Waals surface area contributed by atoms with Crippen LogP contribution in [0.25, 0.3) is 0 Å². The van der Waals surface area contributed by atoms with E-state index in [1.165, 1.54) is 18.3 Å². The maximum atomic E-state index is 11.9. The van der Waals surface area contributed by atoms with Crippen LogP contribution in [-0.2, 0) is 4.79 Å². The lowest BCUT2D eigenvalue weighted by atomic mass is 10.0. The maximum absolute atomic E-state index is 11.9. The summed E-state index contributed by atoms with van der Waals surface area (Å²) in [7, 11) is 0. The first kappa shape index (κ1) is 14.8. The lowest BCUT2D eigenvalue weighted by Gasteiger charge is -2.05. The highest BCUT2D eigenvalue weighted by Crippen LogP contribution is 2.14. The predicted octanol–water partition coefficient (Wildman–Crippen LogP) is 0.428. The van der Waals surface area contributed by atoms with Gasteiger partial charge >= 0.3 is 11.8 Å². The van der Waals surface area contributed by atoms with Crippen LogP contribution in [0.2, 0.25) is 0 Å². The number of nitrogens with two attached hydrogens (primary N) is 1. The van der Waals surface area contributed by atoms with Crippen LogP contribution in [-0.4, -0.2) is 33.4 Å². The van der Waals surface area contributed by atoms with Crippen LogP contribution in [0.1, 0.15) is 25.5 Å². The Kier molecular flexibility index (Phi) is 5.19. The summed E-state index contributed by atoms with van der Waals surface area (Å²) in [6.07, 6.45) is 2.03. The first-order chi connectivity index (χ1) is 8.99. The second-order valence-electron chi connectivity index (χ2n) is 3.93. The number of carbonyl (C=O) groups excluding carboxylic acids is 1. The van der Waals surface area contributed by atoms with E-state index < -0.39 is 16.7 Å². The van der Waals surface area contributed by atoms with Crippen LogP contribution in [0.3, 0.4) is 0 Å². The van der Waals surface area contributed by atoms with Crippen LogP contribution in [0.15, 0.2) is 16.5 Å². The Morgan fingerprint density at radius 2 is 2.32 bits per heavy atom. The van der Waals surface area contributed by atoms with Gasteiger partial charge in [-0.15, -0.1) is 0 Å². The van der Waals surface area contributed by atoms with E-state index in [9.17, 15) is 14.9 Å². The van der Waals surface area contributed by atoms with Crippen molar-refractivity contribution in [2.24, 2.45) is 11.8 Å². The molecule has 0 aliphatic carbocycles. The lowest BCUT2D eigenvalue weighted by molar-refractivity contribution is -0.459. The topological polar surface area (TPSA) is 123 Å². The first-order valence-corrected chi connectivity index (χ1v) is 5.77. The lowest BCUT2D eigenvalue weighted by Crippen LogP contribution is -2.34. The van der Waals surface area contributed by atoms with Gasteiger partial charge < -0.3 is 9.52 Å². The van der Waals surface area contributed by atoms with E-state index in [1.54, 1.807) is 0 Å². The molecule has 3 N–H and O–H groups in total. The molecular weight excluding hydrogens is 254 g/mol. The van der Waals surface area contributed by atoms with Gasteiger partial charge in [0, 0.05) is 6.61 Å². The summed E-state index contributed by atoms with van der Waals surface area (Å²) in [5.74, 6) is 4.48. The average Bonchev–Trinajstić information content (AvgIpc) is 2.83. The summed E-state index contributed by atoms with van der Waals surface area (Å²) in [6.45, 7) is 1.70. The van der Waals surface area contributed by atoms with Crippen molar-refractivity contribution in [2.45, 2.75) is 19.8 Å². The van der Waals surface area contributed by atoms with Crippen molar-refractivity contribution >= 4 is 18.0 Å². The second kappa shape index (κ2) is 6.64. The van der Waals surface area contributed by atoms with Crippen LogP contribution in [0, 0.1) is 16.0 Å². The smallest absolute Gasteiger partial charge is 0.396 e. The van der Waals surface area contributed by atoms with E-state index in [4.69, 9.17) is 15.4 Å². The van der Waals surface area contributed by atoms with E-state index in [0.717, 1.165) is 4.68 Å². The average molecular weight is 270 g/mol. The van der Waals surface area contributed by atoms with Gasteiger partial charge in [0.25, 0.3) is 0 Å². The molecule has 1 heterocycles. The van der Waals surface area contributed by atoms with Crippen LogP contribution >= 0.6 is 0 Å². The summed E-state index contributed by atoms with van der Waals surface area (Å²) in [5, 5.41) is 19.3. The van der Waals surface area contributed by atoms with E-state index in [1.807, 2.05) is 6.92 Å². The Hall–Kier alpha value is -2.22. The standard InChI is InChI=1S/C11H16N3O5/c1-2-8(5-6-15)11(16)13(12)7-9-3-4-10(19-9)14(17)18/h3-4,7-8,15H,2,5-6,12H2,1H3/q+1/b13-7-. The summed E-state index contributed by atoms with van der Waals surface area (Å²) < 4.78 is 5.69. The third kappa shape index (κ3) is 3.88. The molecule has 0 aromatic carbocycles. The number of hydrogen-bond acceptors (Lipinski definition) is 6. The number of hydrogen-bond donors (Lipinski definition) is 2. The zero-order valence-corrected chi connectivity index (χ0v) is 10.5. The minimum Gasteiger partial charge on any atom is -0.396 e. The number of hydrazone groups is 1. The SMILES string of the molecule is CCC(CCO)C(=O)/[N+](N)=C/c1ccc([N+](=O)[O-])o1. The number of carbonyl (C=O) groups is 1. The van der Waals surface area contributed by atoms with Gasteiger partial charge in [-0.2, -0.15) is 0 Å². The number of rotatable bonds is 6. The molecule has 0 aliphatic heterocycles. The molecule has 8 nitrogen and oxygen atoms in total. The van der Waals surface area contributed by atoms with Gasteiger partial charge in [0.2, 0.25) is 12.0 Å². The number of nitrogens with zero attached hydrogens (tertiary/aromatic N) is 2. The third-order valence-electron chi connectivity index (χ3n) is 2.63. The van der Waals surface area contributed by atoms with Crippen LogP contribution in [0.4, 0.5) is 5.88 Å². The van der Waals surface area contributed by atoms with E-state index >= 15 is 0 Å². The maximum Gasteiger partial charge on any atom is 0.433 e. The van der Waals surface area contributed by atoms with Crippen molar-refractivity contribution in [3.8, 4) is 0 Å². The molecule has 0 bridgehead atoms. The largest absolute Gasteiger partial charge is 0.433 e. The van der Waals surface area contributed by atoms with Crippen molar-refractivity contribution in [3.05, 3.63) is 28.0 Å². The number of amides is 1. The monoisotopic (exact) mass is 270 g/mol. The Morgan fingerprint density at radius 3 is 2.79 bits per heavy atom. The molecule has 1 amide bonds. The van der Waals surface area contributed by atoms with Gasteiger partial charge in [0.15, 0.2) is 0 Å². The van der Waals surface area contributed by atoms with Crippen molar-refractivity contribution in [1.82, 2.24) is 0 Å². The Bertz CT molecular complexity index is 494. The molecule has 1 aromatic heterocycles. The summed E-state index contributed by atoms with van der Waals surface area (Å²) in [4.78, 5) is 21.6. The van der Waals surface area contributed by atoms with Crippen molar-refractivity contribution in [1.29, 1.82) is 0 Å². The summed E-state index contributed by atoms with van der Waals surface area (Å²) in [6, 6.07) is 2.52. The van der Waals surface area contributed by atoms with E-state index in [0.29, 0.717) is 12.8 Å². The molecule has 1 atom stereocenters. The second-order valence-corrected chi connectivity index (χ2v) is 3.93. The number of hydrazine groups is 1. The molecule has 1 aromatic rings. The van der Waals surface area contributed by atoms with Crippen molar-refractivity contribution in [2.75, 3.05) is 6.61 Å². The Morgan fingerprint density at radius 1 is 1.63 bits per heavy atom. The molecule has 0 radical (unpaired) electrons. The van der Waals surface area contributed by atoms with Crippen LogP contribution < -0.4 is 5.84 Å². The zero-order chi connectivity index (χ0) is 14.4. The van der Waals surface area contributed by atoms with Gasteiger partial charge in [-0.1, -0.05) is 6.92 Å². The highest BCUT2D eigenvalue weighted by atomic mass is 16.6. The summed E-state index contributed by atoms with van der Waals surface area (Å²) >= 11 is 0. The number of aliphatic hydroxyl groups is 1. The molecule has 0 saturated heterocycles. The predicted molar refractivity (Wildman–Crippen MR) is 65.5 cm³/mol. The Labute approximate surface area is 109 Å². The van der Waals surface area contributed by atoms with Gasteiger partial charge in [-0.3, -0.25) is 10.1 Å². The van der Waals surface area contributed by atoms with E-state index in [2.05, 4.69) is 0 Å². The highest BCUT2D eigenvalue weighted by molar-refractivity contribution is 5.80. The fourth-order valence-corrected chi connectivity index (χ4v) is 1.58. The molecule has 0 saturated carbocycles. The fourth-order valence-electron chi connectivity index (χ4n) is 1.58. The van der Waals surface area contributed by atoms with Gasteiger partial charge in [-0.25, -0.2) is 10.6 Å². The molecule has 104 valence electrons. The number of aliphatic hydroxyl groups excluding tert-OH is 1. The highest BCUT2D eigenvalue weighted by Gasteiger charge is 2.26. The molecule has 0 spiro atoms. The molecule has 1 unspecified atom stereocenters. The van der Waals surface area contributed by atoms with E-state index in [-0.39, 0.29) is 18.3 Å². The van der Waals surface area contributed by atoms with Gasteiger partial charge in [0.1, 0.15) is 4.92 Å². The molecule has 8 heteroatoms. The van der Waals surface area contributed by atoms with Crippen molar-refractivity contribution in [3.63, 3.8) is 0 Å². The molecule has 0 aliphatic rings. The molecule has 0 fully saturated rings. The third-order valence-corrected chi connectivity index (χ3v) is 2.63. The molecule has 19 heavy (non-hydrogen) atoms. The fraction of sp³-hybridized carbons (Fsp3) is 0.455. The molecule has 1 rings (SSSR count). The minimum atomic E-state index is -0.680. The normalized spacial score (nSPS) is 13.3. The minimum absolute atomic E-state index is 0.107. The van der Waals surface area contributed by atoms with Gasteiger partial charge in [0.05, 0.1) is 12.0 Å². The van der Waals surface area contributed by atoms with Gasteiger partial charge in [-0.05, 0) is 23.6 Å². The first-order valence-electron chi connectivity index (χ1n) is 5.77. The Balaban J connectivity index is 2.84.